The molecule has 88 valence electrons. The summed E-state index contributed by atoms with van der Waals surface area (Å²) in [6.07, 6.45) is 1.36. The minimum absolute atomic E-state index is 0.0262. The largest absolute Gasteiger partial charge is 0.465 e. The first-order chi connectivity index (χ1) is 8.04. The van der Waals surface area contributed by atoms with Gasteiger partial charge in [0.15, 0.2) is 0 Å². The minimum Gasteiger partial charge on any atom is -0.465 e. The second-order valence-corrected chi connectivity index (χ2v) is 4.10. The summed E-state index contributed by atoms with van der Waals surface area (Å²) in [4.78, 5) is 26.3. The Bertz CT molecular complexity index is 661. The van der Waals surface area contributed by atoms with E-state index >= 15 is 0 Å². The Hall–Kier alpha value is -1.81. The summed E-state index contributed by atoms with van der Waals surface area (Å²) in [6.45, 7) is 1.84. The zero-order chi connectivity index (χ0) is 12.6. The van der Waals surface area contributed by atoms with E-state index in [0.29, 0.717) is 15.9 Å². The summed E-state index contributed by atoms with van der Waals surface area (Å²) < 4.78 is 4.53. The highest BCUT2D eigenvalue weighted by atomic mass is 35.5. The molecule has 0 bridgehead atoms. The van der Waals surface area contributed by atoms with Crippen LogP contribution in [0.3, 0.4) is 0 Å². The third-order valence-corrected chi connectivity index (χ3v) is 2.77. The number of carbonyl (C=O) groups is 1. The van der Waals surface area contributed by atoms with Crippen molar-refractivity contribution in [2.24, 2.45) is 0 Å². The van der Waals surface area contributed by atoms with Gasteiger partial charge in [0.2, 0.25) is 5.43 Å². The van der Waals surface area contributed by atoms with Crippen LogP contribution in [0, 0.1) is 6.92 Å². The van der Waals surface area contributed by atoms with E-state index in [4.69, 9.17) is 11.6 Å². The van der Waals surface area contributed by atoms with E-state index < -0.39 is 5.97 Å². The molecule has 4 nitrogen and oxygen atoms in total. The molecule has 17 heavy (non-hydrogen) atoms. The molecule has 0 fully saturated rings. The van der Waals surface area contributed by atoms with Crippen molar-refractivity contribution in [3.05, 3.63) is 44.7 Å². The molecular formula is C12H10ClNO3. The van der Waals surface area contributed by atoms with E-state index in [9.17, 15) is 9.59 Å². The number of nitrogens with one attached hydrogen (secondary N) is 1. The molecule has 0 aliphatic heterocycles. The number of pyridine rings is 1. The first kappa shape index (κ1) is 11.7. The number of halogens is 1. The Balaban J connectivity index is 2.85. The number of aryl methyl sites for hydroxylation is 1. The third kappa shape index (κ3) is 1.91. The smallest absolute Gasteiger partial charge is 0.343 e. The van der Waals surface area contributed by atoms with E-state index in [1.165, 1.54) is 19.4 Å². The lowest BCUT2D eigenvalue weighted by Crippen LogP contribution is -2.17. The molecule has 2 rings (SSSR count). The van der Waals surface area contributed by atoms with Crippen molar-refractivity contribution < 1.29 is 9.53 Å². The fourth-order valence-corrected chi connectivity index (χ4v) is 2.00. The lowest BCUT2D eigenvalue weighted by molar-refractivity contribution is 0.0599. The number of methoxy groups -OCH3 is 1. The number of ether oxygens (including phenoxy) is 1. The lowest BCUT2D eigenvalue weighted by atomic mass is 10.1. The average Bonchev–Trinajstić information content (AvgIpc) is 2.29. The Morgan fingerprint density at radius 2 is 2.12 bits per heavy atom. The Morgan fingerprint density at radius 3 is 2.76 bits per heavy atom. The number of fused-ring (bicyclic) bond motifs is 1. The van der Waals surface area contributed by atoms with Crippen LogP contribution in [0.25, 0.3) is 10.9 Å². The molecule has 0 aliphatic carbocycles. The maximum atomic E-state index is 12.1. The third-order valence-electron chi connectivity index (χ3n) is 2.56. The van der Waals surface area contributed by atoms with Crippen molar-refractivity contribution in [1.29, 1.82) is 0 Å². The maximum absolute atomic E-state index is 12.1. The fourth-order valence-electron chi connectivity index (χ4n) is 1.73. The predicted molar refractivity (Wildman–Crippen MR) is 65.7 cm³/mol. The Kier molecular flexibility index (Phi) is 2.90. The van der Waals surface area contributed by atoms with Crippen molar-refractivity contribution in [3.8, 4) is 0 Å². The highest BCUT2D eigenvalue weighted by Crippen LogP contribution is 2.19. The fraction of sp³-hybridized carbons (Fsp3) is 0.167. The van der Waals surface area contributed by atoms with Gasteiger partial charge in [0.05, 0.1) is 12.6 Å². The van der Waals surface area contributed by atoms with Crippen molar-refractivity contribution in [2.75, 3.05) is 7.11 Å². The van der Waals surface area contributed by atoms with Crippen molar-refractivity contribution in [2.45, 2.75) is 6.92 Å². The highest BCUT2D eigenvalue weighted by Gasteiger charge is 2.14. The molecule has 0 amide bonds. The molecule has 2 aromatic rings. The first-order valence-electron chi connectivity index (χ1n) is 4.94. The van der Waals surface area contributed by atoms with E-state index in [0.717, 1.165) is 5.56 Å². The van der Waals surface area contributed by atoms with Gasteiger partial charge >= 0.3 is 5.97 Å². The lowest BCUT2D eigenvalue weighted by Gasteiger charge is -2.05. The Labute approximate surface area is 102 Å². The summed E-state index contributed by atoms with van der Waals surface area (Å²) in [7, 11) is 1.23. The molecule has 0 saturated carbocycles. The van der Waals surface area contributed by atoms with Gasteiger partial charge in [-0.25, -0.2) is 4.79 Å². The van der Waals surface area contributed by atoms with Gasteiger partial charge in [-0.2, -0.15) is 0 Å². The number of rotatable bonds is 1. The summed E-state index contributed by atoms with van der Waals surface area (Å²) >= 11 is 5.89. The molecule has 1 aromatic carbocycles. The normalized spacial score (nSPS) is 10.5. The Morgan fingerprint density at radius 1 is 1.41 bits per heavy atom. The number of aromatic nitrogens is 1. The van der Waals surface area contributed by atoms with Crippen LogP contribution in [0.4, 0.5) is 0 Å². The highest BCUT2D eigenvalue weighted by molar-refractivity contribution is 6.31. The van der Waals surface area contributed by atoms with Crippen molar-refractivity contribution in [1.82, 2.24) is 4.98 Å². The molecule has 0 atom stereocenters. The molecule has 1 aromatic heterocycles. The minimum atomic E-state index is -0.661. The number of benzene rings is 1. The van der Waals surface area contributed by atoms with Crippen LogP contribution in [-0.4, -0.2) is 18.1 Å². The van der Waals surface area contributed by atoms with E-state index in [-0.39, 0.29) is 11.0 Å². The predicted octanol–water partition coefficient (Wildman–Crippen LogP) is 2.28. The van der Waals surface area contributed by atoms with E-state index in [1.54, 1.807) is 6.07 Å². The SMILES string of the molecule is COC(=O)c1c[nH]c2c(C)cc(Cl)cc2c1=O. The zero-order valence-corrected chi connectivity index (χ0v) is 10.1. The summed E-state index contributed by atoms with van der Waals surface area (Å²) in [6, 6.07) is 3.28. The van der Waals surface area contributed by atoms with Gasteiger partial charge in [-0.3, -0.25) is 4.79 Å². The molecule has 0 unspecified atom stereocenters. The topological polar surface area (TPSA) is 59.2 Å². The standard InChI is InChI=1S/C12H10ClNO3/c1-6-3-7(13)4-8-10(6)14-5-9(11(8)15)12(16)17-2/h3-5H,1-2H3,(H,14,15). The second-order valence-electron chi connectivity index (χ2n) is 3.67. The molecule has 5 heteroatoms. The van der Waals surface area contributed by atoms with Crippen molar-refractivity contribution in [3.63, 3.8) is 0 Å². The van der Waals surface area contributed by atoms with Crippen LogP contribution in [0.2, 0.25) is 5.02 Å². The number of aromatic amines is 1. The van der Waals surface area contributed by atoms with Gasteiger partial charge in [0.1, 0.15) is 5.56 Å². The van der Waals surface area contributed by atoms with Crippen LogP contribution in [0.15, 0.2) is 23.1 Å². The molecular weight excluding hydrogens is 242 g/mol. The van der Waals surface area contributed by atoms with Gasteiger partial charge in [-0.1, -0.05) is 11.6 Å². The number of esters is 1. The molecule has 0 spiro atoms. The van der Waals surface area contributed by atoms with Crippen LogP contribution in [0.5, 0.6) is 0 Å². The van der Waals surface area contributed by atoms with Crippen LogP contribution >= 0.6 is 11.6 Å². The number of H-pyrrole nitrogens is 1. The molecule has 0 saturated heterocycles. The van der Waals surface area contributed by atoms with Crippen LogP contribution in [-0.2, 0) is 4.74 Å². The van der Waals surface area contributed by atoms with Gasteiger partial charge < -0.3 is 9.72 Å². The molecule has 0 aliphatic rings. The van der Waals surface area contributed by atoms with E-state index in [2.05, 4.69) is 9.72 Å². The van der Waals surface area contributed by atoms with Gasteiger partial charge in [-0.15, -0.1) is 0 Å². The van der Waals surface area contributed by atoms with Gasteiger partial charge in [-0.05, 0) is 24.6 Å². The van der Waals surface area contributed by atoms with Gasteiger partial charge in [0.25, 0.3) is 0 Å². The molecule has 1 heterocycles. The zero-order valence-electron chi connectivity index (χ0n) is 9.33. The summed E-state index contributed by atoms with van der Waals surface area (Å²) in [5, 5.41) is 0.848. The van der Waals surface area contributed by atoms with Crippen LogP contribution in [0.1, 0.15) is 15.9 Å². The van der Waals surface area contributed by atoms with Crippen LogP contribution < -0.4 is 5.43 Å². The quantitative estimate of drug-likeness (QED) is 0.791. The molecule has 1 N–H and O–H groups in total. The summed E-state index contributed by atoms with van der Waals surface area (Å²) in [5.74, 6) is -0.661. The summed E-state index contributed by atoms with van der Waals surface area (Å²) in [5.41, 5.74) is 1.12. The molecule has 0 radical (unpaired) electrons. The number of hydrogen-bond donors (Lipinski definition) is 1. The maximum Gasteiger partial charge on any atom is 0.343 e. The number of carbonyl (C=O) groups excluding carboxylic acids is 1. The second kappa shape index (κ2) is 4.22. The first-order valence-corrected chi connectivity index (χ1v) is 5.32. The monoisotopic (exact) mass is 251 g/mol. The van der Waals surface area contributed by atoms with Crippen molar-refractivity contribution >= 4 is 28.5 Å². The van der Waals surface area contributed by atoms with Gasteiger partial charge in [0, 0.05) is 16.6 Å². The number of hydrogen-bond acceptors (Lipinski definition) is 3. The average molecular weight is 252 g/mol. The van der Waals surface area contributed by atoms with E-state index in [1.807, 2.05) is 6.92 Å².